The van der Waals surface area contributed by atoms with E-state index in [1.54, 1.807) is 0 Å². The summed E-state index contributed by atoms with van der Waals surface area (Å²) in [6.45, 7) is 6.84. The highest BCUT2D eigenvalue weighted by Gasteiger charge is 2.20. The highest BCUT2D eigenvalue weighted by Crippen LogP contribution is 2.25. The van der Waals surface area contributed by atoms with Gasteiger partial charge in [0.05, 0.1) is 19.8 Å². The Morgan fingerprint density at radius 1 is 1.32 bits per heavy atom. The third-order valence-electron chi connectivity index (χ3n) is 2.78. The van der Waals surface area contributed by atoms with Crippen LogP contribution >= 0.6 is 0 Å². The molecule has 2 rings (SSSR count). The van der Waals surface area contributed by atoms with Crippen molar-refractivity contribution in [2.45, 2.75) is 32.7 Å². The number of carbonyl (C=O) groups excluding carboxylic acids is 1. The van der Waals surface area contributed by atoms with E-state index in [9.17, 15) is 4.79 Å². The number of amides is 1. The van der Waals surface area contributed by atoms with Crippen LogP contribution in [0.3, 0.4) is 0 Å². The predicted octanol–water partition coefficient (Wildman–Crippen LogP) is 2.61. The van der Waals surface area contributed by atoms with Gasteiger partial charge in [0.25, 0.3) is 0 Å². The first-order valence-corrected chi connectivity index (χ1v) is 7.23. The molecule has 0 spiro atoms. The zero-order valence-corrected chi connectivity index (χ0v) is 13.1. The third-order valence-corrected chi connectivity index (χ3v) is 2.78. The number of benzene rings is 1. The highest BCUT2D eigenvalue weighted by atomic mass is 16.7. The molecule has 0 bridgehead atoms. The summed E-state index contributed by atoms with van der Waals surface area (Å²) in [6, 6.07) is 7.66. The summed E-state index contributed by atoms with van der Waals surface area (Å²) in [4.78, 5) is 11.5. The summed E-state index contributed by atoms with van der Waals surface area (Å²) < 4.78 is 16.1. The maximum absolute atomic E-state index is 11.5. The molecule has 1 aliphatic rings. The van der Waals surface area contributed by atoms with Crippen molar-refractivity contribution in [2.75, 3.05) is 19.8 Å². The second kappa shape index (κ2) is 7.30. The van der Waals surface area contributed by atoms with Crippen LogP contribution in [0, 0.1) is 11.8 Å². The van der Waals surface area contributed by atoms with Crippen molar-refractivity contribution in [2.24, 2.45) is 0 Å². The second-order valence-corrected chi connectivity index (χ2v) is 5.82. The van der Waals surface area contributed by atoms with Gasteiger partial charge in [0.15, 0.2) is 6.29 Å². The lowest BCUT2D eigenvalue weighted by atomic mass is 10.1. The van der Waals surface area contributed by atoms with Crippen LogP contribution in [0.15, 0.2) is 24.3 Å². The first kappa shape index (κ1) is 16.3. The van der Waals surface area contributed by atoms with Crippen LogP contribution < -0.4 is 5.32 Å². The number of hydrogen-bond donors (Lipinski definition) is 1. The minimum absolute atomic E-state index is 0.218. The Morgan fingerprint density at radius 2 is 2.00 bits per heavy atom. The average molecular weight is 303 g/mol. The molecule has 1 aromatic rings. The van der Waals surface area contributed by atoms with Crippen molar-refractivity contribution in [1.82, 2.24) is 5.32 Å². The van der Waals surface area contributed by atoms with Gasteiger partial charge >= 0.3 is 6.09 Å². The smallest absolute Gasteiger partial charge is 0.408 e. The molecular formula is C17H21NO4. The zero-order chi connectivity index (χ0) is 16.0. The maximum Gasteiger partial charge on any atom is 0.408 e. The van der Waals surface area contributed by atoms with E-state index in [2.05, 4.69) is 17.2 Å². The largest absolute Gasteiger partial charge is 0.444 e. The fourth-order valence-corrected chi connectivity index (χ4v) is 1.92. The van der Waals surface area contributed by atoms with Crippen LogP contribution in [-0.2, 0) is 14.2 Å². The topological polar surface area (TPSA) is 56.8 Å². The molecule has 118 valence electrons. The number of alkyl carbamates (subject to hydrolysis) is 1. The SMILES string of the molecule is CC(C)(C)OC(=O)NCC#Cc1ccccc1C1OCCO1. The van der Waals surface area contributed by atoms with Crippen molar-refractivity contribution in [3.05, 3.63) is 35.4 Å². The summed E-state index contributed by atoms with van der Waals surface area (Å²) in [6.07, 6.45) is -0.832. The molecule has 0 aliphatic carbocycles. The minimum atomic E-state index is -0.513. The maximum atomic E-state index is 11.5. The highest BCUT2D eigenvalue weighted by molar-refractivity contribution is 5.68. The third kappa shape index (κ3) is 5.06. The molecule has 0 saturated carbocycles. The van der Waals surface area contributed by atoms with E-state index >= 15 is 0 Å². The van der Waals surface area contributed by atoms with Gasteiger partial charge in [0, 0.05) is 11.1 Å². The molecule has 0 aromatic heterocycles. The average Bonchev–Trinajstić information content (AvgIpc) is 2.96. The minimum Gasteiger partial charge on any atom is -0.444 e. The Labute approximate surface area is 130 Å². The first-order valence-electron chi connectivity index (χ1n) is 7.23. The van der Waals surface area contributed by atoms with Gasteiger partial charge in [-0.05, 0) is 26.8 Å². The number of rotatable bonds is 2. The van der Waals surface area contributed by atoms with Crippen LogP contribution in [0.1, 0.15) is 38.2 Å². The number of carbonyl (C=O) groups is 1. The van der Waals surface area contributed by atoms with E-state index < -0.39 is 11.7 Å². The molecule has 0 atom stereocenters. The lowest BCUT2D eigenvalue weighted by molar-refractivity contribution is -0.0442. The summed E-state index contributed by atoms with van der Waals surface area (Å²) in [5, 5.41) is 2.60. The molecule has 1 fully saturated rings. The van der Waals surface area contributed by atoms with Crippen LogP contribution in [0.25, 0.3) is 0 Å². The Balaban J connectivity index is 1.93. The standard InChI is InChI=1S/C17H21NO4/c1-17(2,3)22-16(19)18-10-6-8-13-7-4-5-9-14(13)15-20-11-12-21-15/h4-5,7,9,15H,10-12H2,1-3H3,(H,18,19). The van der Waals surface area contributed by atoms with Gasteiger partial charge in [0.2, 0.25) is 0 Å². The van der Waals surface area contributed by atoms with Gasteiger partial charge in [-0.2, -0.15) is 0 Å². The fraction of sp³-hybridized carbons (Fsp3) is 0.471. The van der Waals surface area contributed by atoms with E-state index in [0.29, 0.717) is 13.2 Å². The van der Waals surface area contributed by atoms with Crippen LogP contribution in [-0.4, -0.2) is 31.5 Å². The summed E-state index contributed by atoms with van der Waals surface area (Å²) >= 11 is 0. The Kier molecular flexibility index (Phi) is 5.42. The molecular weight excluding hydrogens is 282 g/mol. The Morgan fingerprint density at radius 3 is 2.68 bits per heavy atom. The van der Waals surface area contributed by atoms with E-state index in [0.717, 1.165) is 11.1 Å². The van der Waals surface area contributed by atoms with Crippen LogP contribution in [0.5, 0.6) is 0 Å². The molecule has 1 saturated heterocycles. The van der Waals surface area contributed by atoms with Crippen molar-refractivity contribution in [3.63, 3.8) is 0 Å². The van der Waals surface area contributed by atoms with Crippen molar-refractivity contribution < 1.29 is 19.0 Å². The van der Waals surface area contributed by atoms with Crippen LogP contribution in [0.4, 0.5) is 4.79 Å². The molecule has 1 aromatic carbocycles. The van der Waals surface area contributed by atoms with Crippen molar-refractivity contribution in [3.8, 4) is 11.8 Å². The molecule has 5 heteroatoms. The number of ether oxygens (including phenoxy) is 3. The molecule has 0 unspecified atom stereocenters. The molecule has 22 heavy (non-hydrogen) atoms. The van der Waals surface area contributed by atoms with E-state index in [4.69, 9.17) is 14.2 Å². The molecule has 1 aliphatic heterocycles. The Bertz CT molecular complexity index is 574. The lowest BCUT2D eigenvalue weighted by Gasteiger charge is -2.19. The van der Waals surface area contributed by atoms with Gasteiger partial charge in [-0.15, -0.1) is 0 Å². The van der Waals surface area contributed by atoms with E-state index in [1.807, 2.05) is 45.0 Å². The zero-order valence-electron chi connectivity index (χ0n) is 13.1. The van der Waals surface area contributed by atoms with Crippen molar-refractivity contribution >= 4 is 6.09 Å². The van der Waals surface area contributed by atoms with Gasteiger partial charge < -0.3 is 19.5 Å². The van der Waals surface area contributed by atoms with Crippen molar-refractivity contribution in [1.29, 1.82) is 0 Å². The lowest BCUT2D eigenvalue weighted by Crippen LogP contribution is -2.32. The molecule has 1 N–H and O–H groups in total. The quantitative estimate of drug-likeness (QED) is 0.853. The van der Waals surface area contributed by atoms with E-state index in [-0.39, 0.29) is 12.8 Å². The van der Waals surface area contributed by atoms with Gasteiger partial charge in [-0.25, -0.2) is 4.79 Å². The summed E-state index contributed by atoms with van der Waals surface area (Å²) in [7, 11) is 0. The summed E-state index contributed by atoms with van der Waals surface area (Å²) in [5.41, 5.74) is 1.23. The Hall–Kier alpha value is -2.03. The van der Waals surface area contributed by atoms with Gasteiger partial charge in [-0.3, -0.25) is 0 Å². The van der Waals surface area contributed by atoms with Gasteiger partial charge in [-0.1, -0.05) is 30.0 Å². The first-order chi connectivity index (χ1) is 10.5. The fourth-order valence-electron chi connectivity index (χ4n) is 1.92. The van der Waals surface area contributed by atoms with Gasteiger partial charge in [0.1, 0.15) is 5.60 Å². The normalized spacial score (nSPS) is 15.0. The second-order valence-electron chi connectivity index (χ2n) is 5.82. The van der Waals surface area contributed by atoms with Crippen LogP contribution in [0.2, 0.25) is 0 Å². The number of hydrogen-bond acceptors (Lipinski definition) is 4. The predicted molar refractivity (Wildman–Crippen MR) is 82.2 cm³/mol. The monoisotopic (exact) mass is 303 g/mol. The number of nitrogens with one attached hydrogen (secondary N) is 1. The summed E-state index contributed by atoms with van der Waals surface area (Å²) in [5.74, 6) is 5.94. The molecule has 1 heterocycles. The van der Waals surface area contributed by atoms with E-state index in [1.165, 1.54) is 0 Å². The molecule has 5 nitrogen and oxygen atoms in total. The molecule has 1 amide bonds. The molecule has 0 radical (unpaired) electrons.